The van der Waals surface area contributed by atoms with E-state index in [0.29, 0.717) is 24.9 Å². The number of hydrogen-bond acceptors (Lipinski definition) is 13. The summed E-state index contributed by atoms with van der Waals surface area (Å²) in [6.45, 7) is 6.86. The maximum Gasteiger partial charge on any atom is 0.244 e. The number of rotatable bonds is 11. The molecule has 0 radical (unpaired) electrons. The van der Waals surface area contributed by atoms with E-state index in [4.69, 9.17) is 4.74 Å². The van der Waals surface area contributed by atoms with E-state index in [1.54, 1.807) is 7.11 Å². The Morgan fingerprint density at radius 2 is 1.81 bits per heavy atom. The lowest BCUT2D eigenvalue weighted by atomic mass is 9.77. The summed E-state index contributed by atoms with van der Waals surface area (Å²) in [5, 5.41) is 21.1. The molecule has 5 fully saturated rings. The van der Waals surface area contributed by atoms with E-state index in [0.717, 1.165) is 32.4 Å². The molecule has 17 heteroatoms. The molecule has 3 heterocycles. The van der Waals surface area contributed by atoms with Crippen molar-refractivity contribution in [1.29, 1.82) is 0 Å². The Morgan fingerprint density at radius 3 is 2.44 bits per heavy atom. The topological polar surface area (TPSA) is 153 Å². The first kappa shape index (κ1) is 38.5. The standard InChI is InChI=1S/C31H58F2N8O5S2/c1-18-15-25(38-37-18)34-28-27(46-6)29(40-14-8-9-19(17-40)39(4)5)36-30(35-28)47-24-13-12-20(16-22(24)32)48(44,45)31(2,3)21-10-7-11-23(26(21)33)41(42)43/h18-30,34-38H,7-17H2,1-6H3. The van der Waals surface area contributed by atoms with Crippen LogP contribution in [0.5, 0.6) is 0 Å². The van der Waals surface area contributed by atoms with Crippen LogP contribution in [-0.4, -0.2) is 133 Å². The lowest BCUT2D eigenvalue weighted by Crippen LogP contribution is -2.75. The van der Waals surface area contributed by atoms with E-state index in [2.05, 4.69) is 57.6 Å². The summed E-state index contributed by atoms with van der Waals surface area (Å²) in [7, 11) is 1.93. The van der Waals surface area contributed by atoms with Crippen LogP contribution in [-0.2, 0) is 14.6 Å². The largest absolute Gasteiger partial charge is 0.375 e. The minimum atomic E-state index is -4.00. The molecule has 278 valence electrons. The van der Waals surface area contributed by atoms with Gasteiger partial charge in [0.15, 0.2) is 16.0 Å². The van der Waals surface area contributed by atoms with Gasteiger partial charge in [-0.05, 0) is 92.8 Å². The van der Waals surface area contributed by atoms with Crippen LogP contribution in [0.15, 0.2) is 0 Å². The maximum atomic E-state index is 16.1. The number of hydrogen-bond donors (Lipinski definition) is 5. The van der Waals surface area contributed by atoms with Gasteiger partial charge in [0.2, 0.25) is 6.04 Å². The first-order valence-electron chi connectivity index (χ1n) is 17.7. The molecule has 0 bridgehead atoms. The lowest BCUT2D eigenvalue weighted by Gasteiger charge is -2.50. The first-order valence-corrected chi connectivity index (χ1v) is 20.2. The highest BCUT2D eigenvalue weighted by Crippen LogP contribution is 2.45. The normalized spacial score (nSPS) is 42.2. The molecule has 48 heavy (non-hydrogen) atoms. The Bertz CT molecular complexity index is 1210. The van der Waals surface area contributed by atoms with Crippen LogP contribution in [0, 0.1) is 16.0 Å². The molecule has 5 rings (SSSR count). The molecular formula is C31H58F2N8O5S2. The van der Waals surface area contributed by atoms with Crippen molar-refractivity contribution in [2.24, 2.45) is 5.92 Å². The van der Waals surface area contributed by atoms with Crippen LogP contribution >= 0.6 is 11.8 Å². The molecule has 3 saturated heterocycles. The maximum absolute atomic E-state index is 16.1. The molecule has 0 aromatic rings. The quantitative estimate of drug-likeness (QED) is 0.156. The number of ether oxygens (including phenoxy) is 1. The van der Waals surface area contributed by atoms with E-state index in [1.165, 1.54) is 25.6 Å². The van der Waals surface area contributed by atoms with E-state index in [-0.39, 0.29) is 55.8 Å². The zero-order valence-electron chi connectivity index (χ0n) is 29.2. The van der Waals surface area contributed by atoms with Crippen molar-refractivity contribution in [2.45, 2.75) is 154 Å². The number of piperidine rings is 1. The third-order valence-corrected chi connectivity index (χ3v) is 16.2. The van der Waals surface area contributed by atoms with Crippen LogP contribution in [0.3, 0.4) is 0 Å². The number of likely N-dealkylation sites (tertiary alicyclic amines) is 1. The van der Waals surface area contributed by atoms with Crippen molar-refractivity contribution in [2.75, 3.05) is 34.3 Å². The average Bonchev–Trinajstić information content (AvgIpc) is 3.45. The Kier molecular flexibility index (Phi) is 12.7. The first-order chi connectivity index (χ1) is 22.6. The van der Waals surface area contributed by atoms with Crippen molar-refractivity contribution >= 4 is 21.6 Å². The van der Waals surface area contributed by atoms with Crippen LogP contribution in [0.4, 0.5) is 8.78 Å². The van der Waals surface area contributed by atoms with Crippen molar-refractivity contribution in [3.63, 3.8) is 0 Å². The molecule has 0 amide bonds. The molecule has 2 saturated carbocycles. The number of nitrogens with zero attached hydrogens (tertiary/aromatic N) is 3. The van der Waals surface area contributed by atoms with Gasteiger partial charge in [-0.25, -0.2) is 22.6 Å². The molecule has 2 aliphatic carbocycles. The average molecular weight is 725 g/mol. The molecular weight excluding hydrogens is 667 g/mol. The monoisotopic (exact) mass is 724 g/mol. The zero-order chi connectivity index (χ0) is 35.0. The number of sulfone groups is 1. The molecule has 13 nitrogen and oxygen atoms in total. The fourth-order valence-corrected chi connectivity index (χ4v) is 12.4. The van der Waals surface area contributed by atoms with Gasteiger partial charge in [0.05, 0.1) is 28.5 Å². The number of halogens is 2. The summed E-state index contributed by atoms with van der Waals surface area (Å²) in [5.74, 6) is -1.00. The Hall–Kier alpha value is -0.760. The summed E-state index contributed by atoms with van der Waals surface area (Å²) in [6, 6.07) is -0.686. The molecule has 13 unspecified atom stereocenters. The number of thioether (sulfide) groups is 1. The van der Waals surface area contributed by atoms with Crippen LogP contribution in [0.25, 0.3) is 0 Å². The van der Waals surface area contributed by atoms with Crippen molar-refractivity contribution in [3.05, 3.63) is 10.1 Å². The SMILES string of the molecule is COC1C(NC2CC(C)NN2)NC(SC2CCC(S(=O)(=O)C(C)(C)C3CCCC([N+](=O)[O-])C3F)CC2F)NC1N1CCCC(N(C)C)C1. The lowest BCUT2D eigenvalue weighted by molar-refractivity contribution is -0.536. The van der Waals surface area contributed by atoms with E-state index in [9.17, 15) is 18.5 Å². The number of alkyl halides is 2. The highest BCUT2D eigenvalue weighted by Gasteiger charge is 2.55. The van der Waals surface area contributed by atoms with Crippen molar-refractivity contribution < 1.29 is 26.9 Å². The Labute approximate surface area is 289 Å². The van der Waals surface area contributed by atoms with Gasteiger partial charge in [-0.1, -0.05) is 0 Å². The highest BCUT2D eigenvalue weighted by molar-refractivity contribution is 8.00. The second-order valence-corrected chi connectivity index (χ2v) is 19.5. The van der Waals surface area contributed by atoms with Gasteiger partial charge >= 0.3 is 0 Å². The predicted octanol–water partition coefficient (Wildman–Crippen LogP) is 1.93. The van der Waals surface area contributed by atoms with Gasteiger partial charge in [0, 0.05) is 48.3 Å². The number of hydrazine groups is 1. The van der Waals surface area contributed by atoms with Gasteiger partial charge in [-0.3, -0.25) is 36.4 Å². The molecule has 0 aromatic carbocycles. The number of methoxy groups -OCH3 is 1. The van der Waals surface area contributed by atoms with Gasteiger partial charge in [0.1, 0.15) is 17.8 Å². The zero-order valence-corrected chi connectivity index (χ0v) is 30.9. The van der Waals surface area contributed by atoms with Gasteiger partial charge in [0.25, 0.3) is 0 Å². The predicted molar refractivity (Wildman–Crippen MR) is 184 cm³/mol. The fourth-order valence-electron chi connectivity index (χ4n) is 8.62. The summed E-state index contributed by atoms with van der Waals surface area (Å²) >= 11 is 1.46. The number of nitrogens with one attached hydrogen (secondary N) is 5. The molecule has 0 aromatic heterocycles. The smallest absolute Gasteiger partial charge is 0.244 e. The van der Waals surface area contributed by atoms with Crippen molar-refractivity contribution in [1.82, 2.24) is 36.6 Å². The second-order valence-electron chi connectivity index (χ2n) is 15.3. The fraction of sp³-hybridized carbons (Fsp3) is 1.00. The summed E-state index contributed by atoms with van der Waals surface area (Å²) < 4.78 is 64.0. The third kappa shape index (κ3) is 8.15. The van der Waals surface area contributed by atoms with Gasteiger partial charge in [-0.15, -0.1) is 11.8 Å². The molecule has 5 aliphatic rings. The molecule has 13 atom stereocenters. The second kappa shape index (κ2) is 15.9. The van der Waals surface area contributed by atoms with Crippen LogP contribution < -0.4 is 26.8 Å². The van der Waals surface area contributed by atoms with Gasteiger partial charge < -0.3 is 9.64 Å². The third-order valence-electron chi connectivity index (χ3n) is 11.7. The highest BCUT2D eigenvalue weighted by atomic mass is 32.2. The number of nitro groups is 1. The Balaban J connectivity index is 1.27. The summed E-state index contributed by atoms with van der Waals surface area (Å²) in [4.78, 5) is 15.5. The molecule has 3 aliphatic heterocycles. The van der Waals surface area contributed by atoms with Crippen molar-refractivity contribution in [3.8, 4) is 0 Å². The molecule has 5 N–H and O–H groups in total. The van der Waals surface area contributed by atoms with E-state index in [1.807, 2.05) is 0 Å². The van der Waals surface area contributed by atoms with Crippen LogP contribution in [0.2, 0.25) is 0 Å². The minimum absolute atomic E-state index is 0.0158. The van der Waals surface area contributed by atoms with E-state index < -0.39 is 54.3 Å². The minimum Gasteiger partial charge on any atom is -0.375 e. The Morgan fingerprint density at radius 1 is 1.06 bits per heavy atom. The number of likely N-dealkylation sites (N-methyl/N-ethyl adjacent to an activating group) is 1. The van der Waals surface area contributed by atoms with Gasteiger partial charge in [-0.2, -0.15) is 0 Å². The summed E-state index contributed by atoms with van der Waals surface area (Å²) in [6.07, 6.45) is 0.418. The van der Waals surface area contributed by atoms with Crippen LogP contribution in [0.1, 0.15) is 78.6 Å². The summed E-state index contributed by atoms with van der Waals surface area (Å²) in [5.41, 5.74) is 6.24. The van der Waals surface area contributed by atoms with E-state index >= 15 is 8.78 Å². The molecule has 0 spiro atoms.